The number of ether oxygens (including phenoxy) is 2. The summed E-state index contributed by atoms with van der Waals surface area (Å²) < 4.78 is 34.8. The van der Waals surface area contributed by atoms with E-state index in [2.05, 4.69) is 5.43 Å². The second-order valence-corrected chi connectivity index (χ2v) is 7.00. The number of amides is 1. The molecule has 144 valence electrons. The molecule has 2 aromatic rings. The van der Waals surface area contributed by atoms with Gasteiger partial charge in [-0.2, -0.15) is 0 Å². The average Bonchev–Trinajstić information content (AvgIpc) is 2.65. The Morgan fingerprint density at radius 2 is 1.70 bits per heavy atom. The molecule has 0 heterocycles. The number of carboxylic acids is 1. The molecule has 0 radical (unpaired) electrons. The van der Waals surface area contributed by atoms with Crippen LogP contribution in [0.1, 0.15) is 15.9 Å². The van der Waals surface area contributed by atoms with E-state index in [0.29, 0.717) is 11.3 Å². The van der Waals surface area contributed by atoms with Crippen molar-refractivity contribution >= 4 is 21.9 Å². The van der Waals surface area contributed by atoms with Gasteiger partial charge in [0.05, 0.1) is 31.1 Å². The number of rotatable bonds is 8. The van der Waals surface area contributed by atoms with Crippen molar-refractivity contribution < 1.29 is 32.6 Å². The van der Waals surface area contributed by atoms with Crippen LogP contribution in [0.3, 0.4) is 0 Å². The van der Waals surface area contributed by atoms with Crippen LogP contribution in [0, 0.1) is 0 Å². The normalized spacial score (nSPS) is 10.9. The van der Waals surface area contributed by atoms with Gasteiger partial charge in [0.1, 0.15) is 0 Å². The summed E-state index contributed by atoms with van der Waals surface area (Å²) in [6.45, 7) is 0. The highest BCUT2D eigenvalue weighted by atomic mass is 32.2. The Morgan fingerprint density at radius 1 is 1.04 bits per heavy atom. The van der Waals surface area contributed by atoms with E-state index in [1.165, 1.54) is 44.6 Å². The van der Waals surface area contributed by atoms with E-state index in [0.717, 1.165) is 0 Å². The number of carbonyl (C=O) groups is 2. The molecule has 27 heavy (non-hydrogen) atoms. The van der Waals surface area contributed by atoms with Crippen molar-refractivity contribution in [2.75, 3.05) is 14.2 Å². The summed E-state index contributed by atoms with van der Waals surface area (Å²) in [4.78, 5) is 24.8. The first-order valence-electron chi connectivity index (χ1n) is 7.62. The van der Waals surface area contributed by atoms with E-state index < -0.39 is 21.9 Å². The van der Waals surface area contributed by atoms with Crippen molar-refractivity contribution in [2.45, 2.75) is 11.3 Å². The van der Waals surface area contributed by atoms with Crippen LogP contribution in [-0.2, 0) is 21.2 Å². The van der Waals surface area contributed by atoms with Gasteiger partial charge in [-0.25, -0.2) is 8.42 Å². The van der Waals surface area contributed by atoms with Gasteiger partial charge < -0.3 is 14.6 Å². The van der Waals surface area contributed by atoms with Gasteiger partial charge in [-0.05, 0) is 29.8 Å². The number of sulfonamides is 1. The van der Waals surface area contributed by atoms with Crippen LogP contribution in [0.4, 0.5) is 0 Å². The van der Waals surface area contributed by atoms with Crippen LogP contribution in [0.2, 0.25) is 0 Å². The molecule has 9 nitrogen and oxygen atoms in total. The number of hydrogen-bond donors (Lipinski definition) is 3. The second kappa shape index (κ2) is 8.52. The molecule has 0 aliphatic rings. The highest BCUT2D eigenvalue weighted by Crippen LogP contribution is 2.30. The number of methoxy groups -OCH3 is 2. The molecule has 0 fully saturated rings. The first kappa shape index (κ1) is 20.2. The summed E-state index contributed by atoms with van der Waals surface area (Å²) in [7, 11) is -1.27. The maximum Gasteiger partial charge on any atom is 0.307 e. The number of benzene rings is 2. The van der Waals surface area contributed by atoms with Crippen LogP contribution in [0.15, 0.2) is 47.4 Å². The van der Waals surface area contributed by atoms with Gasteiger partial charge in [0.25, 0.3) is 15.9 Å². The smallest absolute Gasteiger partial charge is 0.307 e. The molecule has 0 atom stereocenters. The van der Waals surface area contributed by atoms with E-state index >= 15 is 0 Å². The molecule has 0 aromatic heterocycles. The highest BCUT2D eigenvalue weighted by Gasteiger charge is 2.19. The SMILES string of the molecule is COc1cccc(C(=O)NNS(=O)(=O)c2ccc(CC(=O)O)cc2)c1OC. The van der Waals surface area contributed by atoms with Crippen LogP contribution >= 0.6 is 0 Å². The largest absolute Gasteiger partial charge is 0.493 e. The first-order valence-corrected chi connectivity index (χ1v) is 9.10. The fourth-order valence-electron chi connectivity index (χ4n) is 2.27. The number of hydrazine groups is 1. The quantitative estimate of drug-likeness (QED) is 0.568. The zero-order chi connectivity index (χ0) is 20.0. The number of carboxylic acid groups (broad SMARTS) is 1. The van der Waals surface area contributed by atoms with E-state index in [4.69, 9.17) is 14.6 Å². The Labute approximate surface area is 155 Å². The summed E-state index contributed by atoms with van der Waals surface area (Å²) in [5, 5.41) is 8.73. The zero-order valence-corrected chi connectivity index (χ0v) is 15.4. The Hall–Kier alpha value is -3.11. The van der Waals surface area contributed by atoms with Crippen molar-refractivity contribution in [3.63, 3.8) is 0 Å². The van der Waals surface area contributed by atoms with Gasteiger partial charge in [0, 0.05) is 0 Å². The van der Waals surface area contributed by atoms with Crippen molar-refractivity contribution in [3.05, 3.63) is 53.6 Å². The van der Waals surface area contributed by atoms with Crippen LogP contribution in [-0.4, -0.2) is 39.6 Å². The standard InChI is InChI=1S/C17H18N2O7S/c1-25-14-5-3-4-13(16(14)26-2)17(22)18-19-27(23,24)12-8-6-11(7-9-12)10-15(20)21/h3-9,19H,10H2,1-2H3,(H,18,22)(H,20,21). The van der Waals surface area contributed by atoms with Crippen molar-refractivity contribution in [1.82, 2.24) is 10.3 Å². The van der Waals surface area contributed by atoms with Crippen molar-refractivity contribution in [1.29, 1.82) is 0 Å². The fraction of sp³-hybridized carbons (Fsp3) is 0.176. The van der Waals surface area contributed by atoms with Gasteiger partial charge in [-0.1, -0.05) is 18.2 Å². The number of carbonyl (C=O) groups excluding carboxylic acids is 1. The molecule has 0 aliphatic carbocycles. The van der Waals surface area contributed by atoms with Crippen LogP contribution < -0.4 is 19.7 Å². The third-order valence-electron chi connectivity index (χ3n) is 3.54. The number of hydrogen-bond acceptors (Lipinski definition) is 6. The summed E-state index contributed by atoms with van der Waals surface area (Å²) in [5.74, 6) is -1.28. The highest BCUT2D eigenvalue weighted by molar-refractivity contribution is 7.89. The van der Waals surface area contributed by atoms with Gasteiger partial charge >= 0.3 is 5.97 Å². The Bertz CT molecular complexity index is 940. The maximum atomic E-state index is 12.3. The molecule has 3 N–H and O–H groups in total. The van der Waals surface area contributed by atoms with E-state index in [9.17, 15) is 18.0 Å². The molecule has 0 bridgehead atoms. The third kappa shape index (κ3) is 4.96. The maximum absolute atomic E-state index is 12.3. The predicted octanol–water partition coefficient (Wildman–Crippen LogP) is 0.954. The first-order chi connectivity index (χ1) is 12.8. The Kier molecular flexibility index (Phi) is 6.37. The van der Waals surface area contributed by atoms with Crippen molar-refractivity contribution in [2.24, 2.45) is 0 Å². The summed E-state index contributed by atoms with van der Waals surface area (Å²) >= 11 is 0. The van der Waals surface area contributed by atoms with Gasteiger partial charge in [0.15, 0.2) is 11.5 Å². The number of aliphatic carboxylic acids is 1. The van der Waals surface area contributed by atoms with E-state index in [1.807, 2.05) is 4.83 Å². The molecule has 0 saturated carbocycles. The lowest BCUT2D eigenvalue weighted by molar-refractivity contribution is -0.136. The topological polar surface area (TPSA) is 131 Å². The minimum Gasteiger partial charge on any atom is -0.493 e. The molecular weight excluding hydrogens is 376 g/mol. The van der Waals surface area contributed by atoms with Crippen LogP contribution in [0.25, 0.3) is 0 Å². The molecule has 10 heteroatoms. The third-order valence-corrected chi connectivity index (χ3v) is 4.80. The van der Waals surface area contributed by atoms with Gasteiger partial charge in [0.2, 0.25) is 0 Å². The number of nitrogens with one attached hydrogen (secondary N) is 2. The average molecular weight is 394 g/mol. The van der Waals surface area contributed by atoms with Gasteiger partial charge in [-0.15, -0.1) is 4.83 Å². The van der Waals surface area contributed by atoms with E-state index in [1.54, 1.807) is 12.1 Å². The molecular formula is C17H18N2O7S. The second-order valence-electron chi connectivity index (χ2n) is 5.32. The Balaban J connectivity index is 2.13. The van der Waals surface area contributed by atoms with Crippen LogP contribution in [0.5, 0.6) is 11.5 Å². The Morgan fingerprint density at radius 3 is 2.26 bits per heavy atom. The molecule has 1 amide bonds. The summed E-state index contributed by atoms with van der Waals surface area (Å²) in [6, 6.07) is 9.87. The number of para-hydroxylation sites is 1. The molecule has 2 rings (SSSR count). The molecule has 0 saturated heterocycles. The molecule has 2 aromatic carbocycles. The molecule has 0 aliphatic heterocycles. The minimum atomic E-state index is -4.05. The lowest BCUT2D eigenvalue weighted by Gasteiger charge is -2.13. The zero-order valence-electron chi connectivity index (χ0n) is 14.6. The minimum absolute atomic E-state index is 0.0800. The summed E-state index contributed by atoms with van der Waals surface area (Å²) in [6.07, 6.45) is -0.222. The van der Waals surface area contributed by atoms with Gasteiger partial charge in [-0.3, -0.25) is 15.0 Å². The predicted molar refractivity (Wildman–Crippen MR) is 95.1 cm³/mol. The fourth-order valence-corrected chi connectivity index (χ4v) is 3.11. The summed E-state index contributed by atoms with van der Waals surface area (Å²) in [5.41, 5.74) is 2.63. The monoisotopic (exact) mass is 394 g/mol. The van der Waals surface area contributed by atoms with Crippen molar-refractivity contribution in [3.8, 4) is 11.5 Å². The molecule has 0 spiro atoms. The van der Waals surface area contributed by atoms with E-state index in [-0.39, 0.29) is 22.6 Å². The lowest BCUT2D eigenvalue weighted by atomic mass is 10.2. The molecule has 0 unspecified atom stereocenters. The lowest BCUT2D eigenvalue weighted by Crippen LogP contribution is -2.41.